The van der Waals surface area contributed by atoms with Gasteiger partial charge < -0.3 is 19.9 Å². The van der Waals surface area contributed by atoms with Gasteiger partial charge in [0.25, 0.3) is 0 Å². The number of unbranched alkanes of at least 4 members (excludes halogenated alkanes) is 4. The summed E-state index contributed by atoms with van der Waals surface area (Å²) in [6, 6.07) is 0. The van der Waals surface area contributed by atoms with Crippen LogP contribution in [-0.4, -0.2) is 32.5 Å². The molecule has 2 N–H and O–H groups in total. The minimum atomic E-state index is -0.794. The highest BCUT2D eigenvalue weighted by Crippen LogP contribution is 2.41. The second kappa shape index (κ2) is 13.0. The van der Waals surface area contributed by atoms with E-state index in [9.17, 15) is 4.79 Å². The lowest BCUT2D eigenvalue weighted by Crippen LogP contribution is -2.40. The Kier molecular flexibility index (Phi) is 11.0. The van der Waals surface area contributed by atoms with Gasteiger partial charge in [-0.1, -0.05) is 18.8 Å². The fourth-order valence-electron chi connectivity index (χ4n) is 3.40. The standard InChI is InChI=1S/C24H35NO4/c1-19-18-22(27-4)21(20(2)24(19,3)28-5)16-14-12-10-8-6-7-9-11-13-15-17-29-23(25)26/h18,20H,7,9-12,14,16-17H2,1-5H3,(H2,25,26). The summed E-state index contributed by atoms with van der Waals surface area (Å²) in [7, 11) is 3.52. The Balaban J connectivity index is 2.32. The molecular formula is C24H35NO4. The van der Waals surface area contributed by atoms with Crippen molar-refractivity contribution in [3.8, 4) is 23.7 Å². The van der Waals surface area contributed by atoms with Crippen molar-refractivity contribution < 1.29 is 19.0 Å². The van der Waals surface area contributed by atoms with Gasteiger partial charge in [-0.05, 0) is 56.8 Å². The van der Waals surface area contributed by atoms with Crippen molar-refractivity contribution in [2.75, 3.05) is 20.8 Å². The first-order valence-electron chi connectivity index (χ1n) is 10.2. The maximum Gasteiger partial charge on any atom is 0.405 e. The van der Waals surface area contributed by atoms with Crippen molar-refractivity contribution in [1.82, 2.24) is 0 Å². The topological polar surface area (TPSA) is 70.8 Å². The van der Waals surface area contributed by atoms with Gasteiger partial charge in [-0.15, -0.1) is 11.8 Å². The molecule has 5 heteroatoms. The van der Waals surface area contributed by atoms with Gasteiger partial charge in [0.15, 0.2) is 6.61 Å². The smallest absolute Gasteiger partial charge is 0.405 e. The zero-order valence-corrected chi connectivity index (χ0v) is 18.5. The second-order valence-corrected chi connectivity index (χ2v) is 7.33. The summed E-state index contributed by atoms with van der Waals surface area (Å²) in [5, 5.41) is 0. The Morgan fingerprint density at radius 3 is 2.31 bits per heavy atom. The maximum atomic E-state index is 10.4. The highest BCUT2D eigenvalue weighted by molar-refractivity contribution is 5.64. The van der Waals surface area contributed by atoms with Gasteiger partial charge in [-0.3, -0.25) is 0 Å². The number of methoxy groups -OCH3 is 2. The Labute approximate surface area is 176 Å². The zero-order valence-electron chi connectivity index (χ0n) is 18.5. The number of carbonyl (C=O) groups is 1. The summed E-state index contributed by atoms with van der Waals surface area (Å²) in [6.45, 7) is 6.53. The van der Waals surface area contributed by atoms with Crippen molar-refractivity contribution in [3.05, 3.63) is 23.0 Å². The predicted molar refractivity (Wildman–Crippen MR) is 116 cm³/mol. The van der Waals surface area contributed by atoms with E-state index in [-0.39, 0.29) is 18.1 Å². The quantitative estimate of drug-likeness (QED) is 0.448. The molecule has 1 amide bonds. The van der Waals surface area contributed by atoms with E-state index in [1.54, 1.807) is 14.2 Å². The predicted octanol–water partition coefficient (Wildman–Crippen LogP) is 4.72. The third-order valence-electron chi connectivity index (χ3n) is 5.58. The van der Waals surface area contributed by atoms with E-state index in [2.05, 4.69) is 55.3 Å². The summed E-state index contributed by atoms with van der Waals surface area (Å²) in [5.74, 6) is 13.4. The van der Waals surface area contributed by atoms with Crippen molar-refractivity contribution in [2.45, 2.75) is 71.3 Å². The molecule has 160 valence electrons. The van der Waals surface area contributed by atoms with Crippen LogP contribution in [0.5, 0.6) is 0 Å². The molecule has 0 fully saturated rings. The van der Waals surface area contributed by atoms with Gasteiger partial charge in [-0.25, -0.2) is 4.79 Å². The molecule has 0 spiro atoms. The van der Waals surface area contributed by atoms with Crippen LogP contribution in [0.2, 0.25) is 0 Å². The molecule has 0 radical (unpaired) electrons. The van der Waals surface area contributed by atoms with Crippen LogP contribution >= 0.6 is 0 Å². The van der Waals surface area contributed by atoms with E-state index in [0.717, 1.165) is 50.7 Å². The molecule has 0 aromatic heterocycles. The molecule has 2 atom stereocenters. The summed E-state index contributed by atoms with van der Waals surface area (Å²) in [5.41, 5.74) is 7.10. The SMILES string of the molecule is COC1=C(CCCCC#CCCCC#CCOC(N)=O)C(C)C(C)(OC)C(C)=C1. The van der Waals surface area contributed by atoms with Crippen molar-refractivity contribution in [1.29, 1.82) is 0 Å². The minimum Gasteiger partial charge on any atom is -0.497 e. The zero-order chi connectivity index (χ0) is 21.7. The highest BCUT2D eigenvalue weighted by Gasteiger charge is 2.39. The largest absolute Gasteiger partial charge is 0.497 e. The summed E-state index contributed by atoms with van der Waals surface area (Å²) in [6.07, 6.45) is 7.86. The lowest BCUT2D eigenvalue weighted by atomic mass is 9.74. The fraction of sp³-hybridized carbons (Fsp3) is 0.625. The van der Waals surface area contributed by atoms with E-state index in [1.165, 1.54) is 11.1 Å². The van der Waals surface area contributed by atoms with Crippen LogP contribution in [0.1, 0.15) is 65.7 Å². The first-order valence-corrected chi connectivity index (χ1v) is 10.2. The Morgan fingerprint density at radius 1 is 1.10 bits per heavy atom. The Hall–Kier alpha value is -2.37. The average molecular weight is 402 g/mol. The van der Waals surface area contributed by atoms with Gasteiger partial charge in [0.05, 0.1) is 12.7 Å². The normalized spacial score (nSPS) is 20.7. The molecule has 1 aliphatic carbocycles. The molecule has 5 nitrogen and oxygen atoms in total. The number of nitrogens with two attached hydrogens (primary N) is 1. The van der Waals surface area contributed by atoms with Crippen LogP contribution in [0.4, 0.5) is 4.79 Å². The summed E-state index contributed by atoms with van der Waals surface area (Å²) < 4.78 is 16.0. The number of carbonyl (C=O) groups excluding carboxylic acids is 1. The number of primary amides is 1. The highest BCUT2D eigenvalue weighted by atomic mass is 16.5. The van der Waals surface area contributed by atoms with Gasteiger partial charge in [0.2, 0.25) is 0 Å². The number of hydrogen-bond acceptors (Lipinski definition) is 4. The van der Waals surface area contributed by atoms with E-state index in [1.807, 2.05) is 0 Å². The average Bonchev–Trinajstić information content (AvgIpc) is 2.70. The molecule has 0 saturated carbocycles. The van der Waals surface area contributed by atoms with Crippen molar-refractivity contribution in [2.24, 2.45) is 11.7 Å². The molecule has 0 aromatic rings. The molecule has 1 aliphatic rings. The van der Waals surface area contributed by atoms with E-state index < -0.39 is 6.09 Å². The molecule has 0 aromatic carbocycles. The maximum absolute atomic E-state index is 10.4. The number of allylic oxidation sites excluding steroid dienone is 1. The van der Waals surface area contributed by atoms with Gasteiger partial charge >= 0.3 is 6.09 Å². The van der Waals surface area contributed by atoms with E-state index in [4.69, 9.17) is 15.2 Å². The van der Waals surface area contributed by atoms with Crippen LogP contribution in [0.3, 0.4) is 0 Å². The van der Waals surface area contributed by atoms with Gasteiger partial charge in [-0.2, -0.15) is 0 Å². The van der Waals surface area contributed by atoms with E-state index >= 15 is 0 Å². The van der Waals surface area contributed by atoms with Crippen molar-refractivity contribution >= 4 is 6.09 Å². The summed E-state index contributed by atoms with van der Waals surface area (Å²) >= 11 is 0. The lowest BCUT2D eigenvalue weighted by Gasteiger charge is -2.40. The monoisotopic (exact) mass is 401 g/mol. The molecule has 0 bridgehead atoms. The molecule has 29 heavy (non-hydrogen) atoms. The number of ether oxygens (including phenoxy) is 3. The number of hydrogen-bond donors (Lipinski definition) is 1. The molecule has 1 rings (SSSR count). The molecule has 2 unspecified atom stereocenters. The molecular weight excluding hydrogens is 366 g/mol. The van der Waals surface area contributed by atoms with Crippen LogP contribution in [-0.2, 0) is 14.2 Å². The van der Waals surface area contributed by atoms with Gasteiger partial charge in [0.1, 0.15) is 5.76 Å². The van der Waals surface area contributed by atoms with Crippen LogP contribution in [0.15, 0.2) is 23.0 Å². The first-order chi connectivity index (χ1) is 13.9. The van der Waals surface area contributed by atoms with Gasteiger partial charge in [0, 0.05) is 32.3 Å². The number of rotatable bonds is 9. The first kappa shape index (κ1) is 24.7. The third kappa shape index (κ3) is 7.87. The molecule has 0 saturated heterocycles. The number of amides is 1. The molecule has 0 aliphatic heterocycles. The molecule has 0 heterocycles. The van der Waals surface area contributed by atoms with Crippen LogP contribution < -0.4 is 5.73 Å². The lowest BCUT2D eigenvalue weighted by molar-refractivity contribution is 0.00000910. The van der Waals surface area contributed by atoms with Crippen molar-refractivity contribution in [3.63, 3.8) is 0 Å². The Bertz CT molecular complexity index is 729. The minimum absolute atomic E-state index is 0.0553. The fourth-order valence-corrected chi connectivity index (χ4v) is 3.40. The van der Waals surface area contributed by atoms with E-state index in [0.29, 0.717) is 0 Å². The van der Waals surface area contributed by atoms with Crippen LogP contribution in [0.25, 0.3) is 0 Å². The third-order valence-corrected chi connectivity index (χ3v) is 5.58. The Morgan fingerprint density at radius 2 is 1.72 bits per heavy atom. The summed E-state index contributed by atoms with van der Waals surface area (Å²) in [4.78, 5) is 10.4. The second-order valence-electron chi connectivity index (χ2n) is 7.33. The van der Waals surface area contributed by atoms with Crippen LogP contribution in [0, 0.1) is 29.6 Å².